The van der Waals surface area contributed by atoms with Crippen LogP contribution in [0.15, 0.2) is 23.8 Å². The third kappa shape index (κ3) is 4.74. The van der Waals surface area contributed by atoms with Gasteiger partial charge in [-0.2, -0.15) is 5.26 Å². The van der Waals surface area contributed by atoms with Crippen LogP contribution in [0, 0.1) is 11.3 Å². The van der Waals surface area contributed by atoms with Gasteiger partial charge in [0, 0.05) is 13.2 Å². The predicted octanol–water partition coefficient (Wildman–Crippen LogP) is 2.30. The number of nitrogens with zero attached hydrogens (tertiary/aromatic N) is 1. The minimum Gasteiger partial charge on any atom is -0.493 e. The van der Waals surface area contributed by atoms with Gasteiger partial charge in [0.1, 0.15) is 11.6 Å². The van der Waals surface area contributed by atoms with E-state index in [0.717, 1.165) is 19.4 Å². The molecule has 0 saturated carbocycles. The zero-order valence-electron chi connectivity index (χ0n) is 14.0. The fraction of sp³-hybridized carbons (Fsp3) is 0.444. The third-order valence-electron chi connectivity index (χ3n) is 3.68. The molecule has 1 heterocycles. The van der Waals surface area contributed by atoms with Gasteiger partial charge in [0.25, 0.3) is 5.91 Å². The smallest absolute Gasteiger partial charge is 0.262 e. The first-order valence-corrected chi connectivity index (χ1v) is 8.00. The van der Waals surface area contributed by atoms with E-state index in [4.69, 9.17) is 14.2 Å². The summed E-state index contributed by atoms with van der Waals surface area (Å²) in [5.41, 5.74) is 0.735. The second kappa shape index (κ2) is 8.94. The second-order valence-electron chi connectivity index (χ2n) is 5.36. The highest BCUT2D eigenvalue weighted by atomic mass is 16.5. The molecule has 1 aliphatic rings. The van der Waals surface area contributed by atoms with Crippen molar-refractivity contribution >= 4 is 12.0 Å². The van der Waals surface area contributed by atoms with Crippen molar-refractivity contribution < 1.29 is 19.0 Å². The molecule has 1 amide bonds. The van der Waals surface area contributed by atoms with Gasteiger partial charge in [0.2, 0.25) is 0 Å². The van der Waals surface area contributed by atoms with Crippen LogP contribution >= 0.6 is 0 Å². The van der Waals surface area contributed by atoms with E-state index >= 15 is 0 Å². The fourth-order valence-corrected chi connectivity index (χ4v) is 2.47. The van der Waals surface area contributed by atoms with Crippen LogP contribution in [0.4, 0.5) is 0 Å². The number of nitriles is 1. The van der Waals surface area contributed by atoms with Gasteiger partial charge in [-0.3, -0.25) is 4.79 Å². The lowest BCUT2D eigenvalue weighted by Crippen LogP contribution is -2.32. The zero-order chi connectivity index (χ0) is 17.4. The molecule has 0 aliphatic carbocycles. The Bertz CT molecular complexity index is 643. The molecule has 0 unspecified atom stereocenters. The van der Waals surface area contributed by atoms with Crippen molar-refractivity contribution in [2.45, 2.75) is 25.9 Å². The maximum absolute atomic E-state index is 12.1. The summed E-state index contributed by atoms with van der Waals surface area (Å²) in [5.74, 6) is 0.780. The van der Waals surface area contributed by atoms with Crippen LogP contribution in [0.5, 0.6) is 11.5 Å². The van der Waals surface area contributed by atoms with Crippen LogP contribution in [-0.4, -0.2) is 38.9 Å². The monoisotopic (exact) mass is 330 g/mol. The Labute approximate surface area is 142 Å². The van der Waals surface area contributed by atoms with E-state index in [1.165, 1.54) is 6.08 Å². The molecule has 1 fully saturated rings. The zero-order valence-corrected chi connectivity index (χ0v) is 14.0. The minimum absolute atomic E-state index is 0.0409. The van der Waals surface area contributed by atoms with Gasteiger partial charge in [-0.25, -0.2) is 0 Å². The highest BCUT2D eigenvalue weighted by Crippen LogP contribution is 2.28. The van der Waals surface area contributed by atoms with Crippen LogP contribution in [0.25, 0.3) is 6.08 Å². The van der Waals surface area contributed by atoms with Crippen LogP contribution in [0.3, 0.4) is 0 Å². The summed E-state index contributed by atoms with van der Waals surface area (Å²) in [6, 6.07) is 7.20. The molecule has 0 bridgehead atoms. The van der Waals surface area contributed by atoms with Crippen molar-refractivity contribution in [3.05, 3.63) is 29.3 Å². The Kier molecular flexibility index (Phi) is 6.64. The van der Waals surface area contributed by atoms with Gasteiger partial charge in [0.05, 0.1) is 19.8 Å². The number of hydrogen-bond donors (Lipinski definition) is 1. The highest BCUT2D eigenvalue weighted by molar-refractivity contribution is 6.01. The van der Waals surface area contributed by atoms with Crippen molar-refractivity contribution in [1.82, 2.24) is 5.32 Å². The Morgan fingerprint density at radius 3 is 2.96 bits per heavy atom. The summed E-state index contributed by atoms with van der Waals surface area (Å²) < 4.78 is 16.2. The minimum atomic E-state index is -0.402. The standard InChI is InChI=1S/C18H22N2O4/c1-3-23-16-7-6-13(10-17(16)22-2)9-14(11-19)18(21)20-12-15-5-4-8-24-15/h6-7,9-10,15H,3-5,8,12H2,1-2H3,(H,20,21)/b14-9+/t15-/m0/s1. The maximum atomic E-state index is 12.1. The van der Waals surface area contributed by atoms with Crippen LogP contribution < -0.4 is 14.8 Å². The molecule has 0 aromatic heterocycles. The molecule has 1 aromatic carbocycles. The first kappa shape index (κ1) is 17.8. The molecule has 0 radical (unpaired) electrons. The molecule has 1 aromatic rings. The number of amides is 1. The summed E-state index contributed by atoms with van der Waals surface area (Å²) in [5, 5.41) is 12.0. The van der Waals surface area contributed by atoms with Crippen molar-refractivity contribution in [2.24, 2.45) is 0 Å². The molecule has 1 saturated heterocycles. The number of benzene rings is 1. The van der Waals surface area contributed by atoms with Crippen LogP contribution in [-0.2, 0) is 9.53 Å². The van der Waals surface area contributed by atoms with Gasteiger partial charge in [-0.1, -0.05) is 6.07 Å². The molecule has 24 heavy (non-hydrogen) atoms. The molecular formula is C18H22N2O4. The third-order valence-corrected chi connectivity index (χ3v) is 3.68. The molecule has 1 aliphatic heterocycles. The fourth-order valence-electron chi connectivity index (χ4n) is 2.47. The van der Waals surface area contributed by atoms with E-state index in [2.05, 4.69) is 5.32 Å². The SMILES string of the molecule is CCOc1ccc(/C=C(\C#N)C(=O)NC[C@@H]2CCCO2)cc1OC. The number of hydrogen-bond acceptors (Lipinski definition) is 5. The number of methoxy groups -OCH3 is 1. The quantitative estimate of drug-likeness (QED) is 0.613. The van der Waals surface area contributed by atoms with E-state index in [0.29, 0.717) is 30.2 Å². The number of nitrogens with one attached hydrogen (secondary N) is 1. The summed E-state index contributed by atoms with van der Waals surface area (Å²) >= 11 is 0. The van der Waals surface area contributed by atoms with Crippen molar-refractivity contribution in [3.8, 4) is 17.6 Å². The van der Waals surface area contributed by atoms with Gasteiger partial charge in [-0.15, -0.1) is 0 Å². The number of rotatable bonds is 7. The molecule has 2 rings (SSSR count). The molecule has 6 nitrogen and oxygen atoms in total. The Morgan fingerprint density at radius 2 is 2.33 bits per heavy atom. The topological polar surface area (TPSA) is 80.6 Å². The summed E-state index contributed by atoms with van der Waals surface area (Å²) in [4.78, 5) is 12.1. The lowest BCUT2D eigenvalue weighted by Gasteiger charge is -2.11. The van der Waals surface area contributed by atoms with Crippen molar-refractivity contribution in [3.63, 3.8) is 0 Å². The Balaban J connectivity index is 2.08. The summed E-state index contributed by atoms with van der Waals surface area (Å²) in [7, 11) is 1.55. The molecule has 1 N–H and O–H groups in total. The van der Waals surface area contributed by atoms with Crippen LogP contribution in [0.1, 0.15) is 25.3 Å². The van der Waals surface area contributed by atoms with Gasteiger partial charge >= 0.3 is 0 Å². The van der Waals surface area contributed by atoms with Crippen molar-refractivity contribution in [1.29, 1.82) is 5.26 Å². The summed E-state index contributed by atoms with van der Waals surface area (Å²) in [6.07, 6.45) is 3.51. The average molecular weight is 330 g/mol. The summed E-state index contributed by atoms with van der Waals surface area (Å²) in [6.45, 7) is 3.57. The molecular weight excluding hydrogens is 308 g/mol. The second-order valence-corrected chi connectivity index (χ2v) is 5.36. The highest BCUT2D eigenvalue weighted by Gasteiger charge is 2.17. The van der Waals surface area contributed by atoms with E-state index in [-0.39, 0.29) is 11.7 Å². The lowest BCUT2D eigenvalue weighted by atomic mass is 10.1. The van der Waals surface area contributed by atoms with Gasteiger partial charge in [0.15, 0.2) is 11.5 Å². The molecule has 1 atom stereocenters. The molecule has 0 spiro atoms. The molecule has 6 heteroatoms. The van der Waals surface area contributed by atoms with Crippen molar-refractivity contribution in [2.75, 3.05) is 26.9 Å². The first-order chi connectivity index (χ1) is 11.7. The lowest BCUT2D eigenvalue weighted by molar-refractivity contribution is -0.117. The Hall–Kier alpha value is -2.52. The maximum Gasteiger partial charge on any atom is 0.262 e. The number of carbonyl (C=O) groups excluding carboxylic acids is 1. The van der Waals surface area contributed by atoms with E-state index in [1.54, 1.807) is 25.3 Å². The average Bonchev–Trinajstić information content (AvgIpc) is 3.12. The Morgan fingerprint density at radius 1 is 1.50 bits per heavy atom. The number of ether oxygens (including phenoxy) is 3. The van der Waals surface area contributed by atoms with Gasteiger partial charge < -0.3 is 19.5 Å². The number of carbonyl (C=O) groups is 1. The predicted molar refractivity (Wildman–Crippen MR) is 89.7 cm³/mol. The molecule has 128 valence electrons. The van der Waals surface area contributed by atoms with Gasteiger partial charge in [-0.05, 0) is 43.5 Å². The first-order valence-electron chi connectivity index (χ1n) is 8.00. The van der Waals surface area contributed by atoms with E-state index in [1.807, 2.05) is 13.0 Å². The largest absolute Gasteiger partial charge is 0.493 e. The van der Waals surface area contributed by atoms with Crippen LogP contribution in [0.2, 0.25) is 0 Å². The van der Waals surface area contributed by atoms with E-state index in [9.17, 15) is 10.1 Å². The van der Waals surface area contributed by atoms with E-state index < -0.39 is 5.91 Å². The normalized spacial score (nSPS) is 17.2.